The summed E-state index contributed by atoms with van der Waals surface area (Å²) in [5.41, 5.74) is 1.77. The molecule has 2 aromatic rings. The molecule has 1 aliphatic rings. The largest absolute Gasteiger partial charge is 0.507 e. The molecule has 2 heterocycles. The van der Waals surface area contributed by atoms with Gasteiger partial charge < -0.3 is 14.9 Å². The third kappa shape index (κ3) is 3.43. The Hall–Kier alpha value is -2.44. The van der Waals surface area contributed by atoms with Crippen molar-refractivity contribution in [2.45, 2.75) is 13.0 Å². The number of Topliss-reactive ketones (excluding diaryl/α,β-unsaturated/α-hetero) is 1. The predicted molar refractivity (Wildman–Crippen MR) is 103 cm³/mol. The molecule has 1 atom stereocenters. The average molecular weight is 370 g/mol. The number of benzene rings is 1. The lowest BCUT2D eigenvalue weighted by molar-refractivity contribution is -0.140. The number of carbonyl (C=O) groups is 2. The van der Waals surface area contributed by atoms with E-state index < -0.39 is 17.7 Å². The highest BCUT2D eigenvalue weighted by molar-refractivity contribution is 7.10. The Morgan fingerprint density at radius 1 is 1.19 bits per heavy atom. The van der Waals surface area contributed by atoms with Crippen molar-refractivity contribution in [3.63, 3.8) is 0 Å². The normalized spacial score (nSPS) is 19.5. The van der Waals surface area contributed by atoms with Crippen molar-refractivity contribution in [1.82, 2.24) is 9.80 Å². The van der Waals surface area contributed by atoms with Gasteiger partial charge in [-0.05, 0) is 32.5 Å². The van der Waals surface area contributed by atoms with Crippen LogP contribution in [0.1, 0.15) is 22.0 Å². The van der Waals surface area contributed by atoms with E-state index in [0.717, 1.165) is 10.4 Å². The molecule has 1 unspecified atom stereocenters. The maximum atomic E-state index is 12.7. The number of hydrogen-bond donors (Lipinski definition) is 1. The summed E-state index contributed by atoms with van der Waals surface area (Å²) in [7, 11) is 3.84. The number of nitrogens with zero attached hydrogens (tertiary/aromatic N) is 2. The SMILES string of the molecule is Cc1ccc(C(O)=C2C(=O)C(=O)N(CCN(C)C)C2c2cccs2)cc1. The minimum Gasteiger partial charge on any atom is -0.507 e. The summed E-state index contributed by atoms with van der Waals surface area (Å²) < 4.78 is 0. The molecule has 0 bridgehead atoms. The Kier molecular flexibility index (Phi) is 5.25. The Bertz CT molecular complexity index is 838. The summed E-state index contributed by atoms with van der Waals surface area (Å²) in [6.07, 6.45) is 0. The van der Waals surface area contributed by atoms with E-state index in [1.807, 2.05) is 55.6 Å². The standard InChI is InChI=1S/C20H22N2O3S/c1-13-6-8-14(9-7-13)18(23)16-17(15-5-4-12-26-15)22(11-10-21(2)3)20(25)19(16)24/h4-9,12,17,23H,10-11H2,1-3H3. The number of aliphatic hydroxyl groups is 1. The topological polar surface area (TPSA) is 60.9 Å². The first-order valence-corrected chi connectivity index (χ1v) is 9.31. The van der Waals surface area contributed by atoms with Gasteiger partial charge in [0.25, 0.3) is 11.7 Å². The van der Waals surface area contributed by atoms with E-state index in [-0.39, 0.29) is 11.3 Å². The summed E-state index contributed by atoms with van der Waals surface area (Å²) in [6, 6.07) is 10.5. The third-order valence-corrected chi connectivity index (χ3v) is 5.39. The van der Waals surface area contributed by atoms with Crippen molar-refractivity contribution in [3.8, 4) is 0 Å². The Labute approximate surface area is 157 Å². The highest BCUT2D eigenvalue weighted by Crippen LogP contribution is 2.40. The smallest absolute Gasteiger partial charge is 0.295 e. The van der Waals surface area contributed by atoms with E-state index in [1.54, 1.807) is 17.0 Å². The van der Waals surface area contributed by atoms with Crippen LogP contribution in [0.15, 0.2) is 47.4 Å². The van der Waals surface area contributed by atoms with Crippen LogP contribution in [-0.2, 0) is 9.59 Å². The molecule has 1 N–H and O–H groups in total. The lowest BCUT2D eigenvalue weighted by Crippen LogP contribution is -2.35. The van der Waals surface area contributed by atoms with Gasteiger partial charge in [0, 0.05) is 23.5 Å². The van der Waals surface area contributed by atoms with E-state index in [0.29, 0.717) is 18.7 Å². The zero-order valence-corrected chi connectivity index (χ0v) is 15.9. The number of hydrogen-bond acceptors (Lipinski definition) is 5. The summed E-state index contributed by atoms with van der Waals surface area (Å²) in [4.78, 5) is 29.8. The quantitative estimate of drug-likeness (QED) is 0.499. The van der Waals surface area contributed by atoms with Gasteiger partial charge in [0.15, 0.2) is 0 Å². The van der Waals surface area contributed by atoms with Gasteiger partial charge in [-0.3, -0.25) is 9.59 Å². The molecule has 1 aliphatic heterocycles. The maximum absolute atomic E-state index is 12.7. The Morgan fingerprint density at radius 3 is 2.46 bits per heavy atom. The maximum Gasteiger partial charge on any atom is 0.295 e. The summed E-state index contributed by atoms with van der Waals surface area (Å²) in [5, 5.41) is 12.7. The highest BCUT2D eigenvalue weighted by atomic mass is 32.1. The second kappa shape index (κ2) is 7.43. The van der Waals surface area contributed by atoms with Crippen LogP contribution in [0.3, 0.4) is 0 Å². The zero-order chi connectivity index (χ0) is 18.8. The van der Waals surface area contributed by atoms with E-state index in [9.17, 15) is 14.7 Å². The van der Waals surface area contributed by atoms with Crippen LogP contribution >= 0.6 is 11.3 Å². The number of likely N-dealkylation sites (N-methyl/N-ethyl adjacent to an activating group) is 1. The molecule has 5 nitrogen and oxygen atoms in total. The highest BCUT2D eigenvalue weighted by Gasteiger charge is 2.46. The fourth-order valence-corrected chi connectivity index (χ4v) is 3.87. The number of ketones is 1. The van der Waals surface area contributed by atoms with Gasteiger partial charge in [0.05, 0.1) is 11.6 Å². The lowest BCUT2D eigenvalue weighted by Gasteiger charge is -2.25. The number of rotatable bonds is 5. The van der Waals surface area contributed by atoms with Crippen LogP contribution in [0.25, 0.3) is 5.76 Å². The van der Waals surface area contributed by atoms with Crippen LogP contribution in [0.5, 0.6) is 0 Å². The number of carbonyl (C=O) groups excluding carboxylic acids is 2. The van der Waals surface area contributed by atoms with E-state index in [1.165, 1.54) is 11.3 Å². The molecule has 6 heteroatoms. The number of aliphatic hydroxyl groups excluding tert-OH is 1. The summed E-state index contributed by atoms with van der Waals surface area (Å²) in [5.74, 6) is -1.30. The van der Waals surface area contributed by atoms with Gasteiger partial charge >= 0.3 is 0 Å². The third-order valence-electron chi connectivity index (χ3n) is 4.47. The first kappa shape index (κ1) is 18.4. The minimum absolute atomic E-state index is 0.117. The zero-order valence-electron chi connectivity index (χ0n) is 15.1. The molecule has 0 aliphatic carbocycles. The molecule has 1 amide bonds. The molecule has 0 saturated carbocycles. The van der Waals surface area contributed by atoms with E-state index in [2.05, 4.69) is 0 Å². The number of thiophene rings is 1. The molecule has 26 heavy (non-hydrogen) atoms. The van der Waals surface area contributed by atoms with Gasteiger partial charge in [0.2, 0.25) is 0 Å². The molecular formula is C20H22N2O3S. The minimum atomic E-state index is -0.625. The van der Waals surface area contributed by atoms with Crippen molar-refractivity contribution in [3.05, 3.63) is 63.4 Å². The van der Waals surface area contributed by atoms with Crippen molar-refractivity contribution in [2.24, 2.45) is 0 Å². The number of amides is 1. The Balaban J connectivity index is 2.09. The van der Waals surface area contributed by atoms with Crippen LogP contribution in [-0.4, -0.2) is 53.8 Å². The van der Waals surface area contributed by atoms with Crippen molar-refractivity contribution < 1.29 is 14.7 Å². The van der Waals surface area contributed by atoms with Gasteiger partial charge in [0.1, 0.15) is 5.76 Å². The van der Waals surface area contributed by atoms with Crippen LogP contribution in [0.2, 0.25) is 0 Å². The number of likely N-dealkylation sites (tertiary alicyclic amines) is 1. The van der Waals surface area contributed by atoms with Crippen LogP contribution < -0.4 is 0 Å². The van der Waals surface area contributed by atoms with Crippen molar-refractivity contribution in [1.29, 1.82) is 0 Å². The van der Waals surface area contributed by atoms with Crippen molar-refractivity contribution >= 4 is 28.8 Å². The van der Waals surface area contributed by atoms with Crippen LogP contribution in [0, 0.1) is 6.92 Å². The van der Waals surface area contributed by atoms with Crippen LogP contribution in [0.4, 0.5) is 0 Å². The molecule has 0 radical (unpaired) electrons. The molecule has 1 aromatic carbocycles. The fourth-order valence-electron chi connectivity index (χ4n) is 3.03. The summed E-state index contributed by atoms with van der Waals surface area (Å²) >= 11 is 1.48. The van der Waals surface area contributed by atoms with Gasteiger partial charge in [-0.2, -0.15) is 0 Å². The summed E-state index contributed by atoms with van der Waals surface area (Å²) in [6.45, 7) is 3.01. The molecule has 3 rings (SSSR count). The molecule has 1 fully saturated rings. The first-order valence-electron chi connectivity index (χ1n) is 8.43. The second-order valence-electron chi connectivity index (χ2n) is 6.68. The number of aryl methyl sites for hydroxylation is 1. The fraction of sp³-hybridized carbons (Fsp3) is 0.300. The van der Waals surface area contributed by atoms with Gasteiger partial charge in [-0.1, -0.05) is 35.9 Å². The van der Waals surface area contributed by atoms with Crippen molar-refractivity contribution in [2.75, 3.05) is 27.2 Å². The molecule has 1 aromatic heterocycles. The Morgan fingerprint density at radius 2 is 1.88 bits per heavy atom. The van der Waals surface area contributed by atoms with Gasteiger partial charge in [-0.25, -0.2) is 0 Å². The molecule has 136 valence electrons. The second-order valence-corrected chi connectivity index (χ2v) is 7.66. The average Bonchev–Trinajstić information content (AvgIpc) is 3.21. The first-order chi connectivity index (χ1) is 12.4. The van der Waals surface area contributed by atoms with E-state index in [4.69, 9.17) is 0 Å². The van der Waals surface area contributed by atoms with E-state index >= 15 is 0 Å². The van der Waals surface area contributed by atoms with Gasteiger partial charge in [-0.15, -0.1) is 11.3 Å². The molecule has 0 spiro atoms. The predicted octanol–water partition coefficient (Wildman–Crippen LogP) is 3.04. The lowest BCUT2D eigenvalue weighted by atomic mass is 9.99. The monoisotopic (exact) mass is 370 g/mol. The molecule has 1 saturated heterocycles. The molecular weight excluding hydrogens is 348 g/mol.